The van der Waals surface area contributed by atoms with Gasteiger partial charge in [-0.05, 0) is 42.9 Å². The Balaban J connectivity index is 2.03. The van der Waals surface area contributed by atoms with Crippen molar-refractivity contribution in [2.75, 3.05) is 18.5 Å². The molecule has 3 heteroatoms. The molecular formula is C16H24FNO. The SMILES string of the molecule is CN(CC1CC(C)(C)CCC1O)c1cccc(F)c1. The molecule has 1 aromatic rings. The van der Waals surface area contributed by atoms with Crippen LogP contribution >= 0.6 is 0 Å². The zero-order valence-corrected chi connectivity index (χ0v) is 12.1. The number of aliphatic hydroxyl groups excluding tert-OH is 1. The Labute approximate surface area is 115 Å². The largest absolute Gasteiger partial charge is 0.393 e. The van der Waals surface area contributed by atoms with Gasteiger partial charge in [0.1, 0.15) is 5.82 Å². The van der Waals surface area contributed by atoms with Crippen LogP contribution in [0, 0.1) is 17.2 Å². The third-order valence-corrected chi connectivity index (χ3v) is 4.23. The van der Waals surface area contributed by atoms with Crippen LogP contribution in [-0.4, -0.2) is 24.8 Å². The minimum absolute atomic E-state index is 0.214. The molecule has 2 rings (SSSR count). The summed E-state index contributed by atoms with van der Waals surface area (Å²) in [4.78, 5) is 2.04. The fourth-order valence-corrected chi connectivity index (χ4v) is 3.08. The molecule has 2 atom stereocenters. The van der Waals surface area contributed by atoms with Crippen LogP contribution in [0.5, 0.6) is 0 Å². The van der Waals surface area contributed by atoms with Crippen LogP contribution < -0.4 is 4.90 Å². The molecule has 0 saturated heterocycles. The minimum Gasteiger partial charge on any atom is -0.393 e. The topological polar surface area (TPSA) is 23.5 Å². The van der Waals surface area contributed by atoms with Crippen LogP contribution in [0.4, 0.5) is 10.1 Å². The van der Waals surface area contributed by atoms with E-state index < -0.39 is 0 Å². The predicted molar refractivity (Wildman–Crippen MR) is 76.8 cm³/mol. The second kappa shape index (κ2) is 5.49. The number of nitrogens with zero attached hydrogens (tertiary/aromatic N) is 1. The molecule has 1 N–H and O–H groups in total. The van der Waals surface area contributed by atoms with Gasteiger partial charge in [0.15, 0.2) is 0 Å². The molecule has 0 radical (unpaired) electrons. The minimum atomic E-state index is -0.232. The number of aliphatic hydroxyl groups is 1. The molecule has 0 spiro atoms. The summed E-state index contributed by atoms with van der Waals surface area (Å²) in [6.45, 7) is 5.29. The molecule has 0 heterocycles. The van der Waals surface area contributed by atoms with Gasteiger partial charge < -0.3 is 10.0 Å². The third-order valence-electron chi connectivity index (χ3n) is 4.23. The first-order valence-corrected chi connectivity index (χ1v) is 7.02. The molecule has 2 nitrogen and oxygen atoms in total. The van der Waals surface area contributed by atoms with Gasteiger partial charge in [-0.1, -0.05) is 19.9 Å². The second-order valence-corrected chi connectivity index (χ2v) is 6.59. The lowest BCUT2D eigenvalue weighted by Gasteiger charge is -2.40. The van der Waals surface area contributed by atoms with Gasteiger partial charge in [-0.15, -0.1) is 0 Å². The lowest BCUT2D eigenvalue weighted by molar-refractivity contribution is 0.0254. The smallest absolute Gasteiger partial charge is 0.125 e. The van der Waals surface area contributed by atoms with E-state index >= 15 is 0 Å². The van der Waals surface area contributed by atoms with E-state index in [1.165, 1.54) is 6.07 Å². The van der Waals surface area contributed by atoms with Crippen molar-refractivity contribution in [1.82, 2.24) is 0 Å². The molecule has 19 heavy (non-hydrogen) atoms. The van der Waals surface area contributed by atoms with Crippen molar-refractivity contribution in [2.45, 2.75) is 39.2 Å². The average Bonchev–Trinajstić information content (AvgIpc) is 2.33. The zero-order chi connectivity index (χ0) is 14.0. The Morgan fingerprint density at radius 2 is 2.16 bits per heavy atom. The van der Waals surface area contributed by atoms with Gasteiger partial charge in [0, 0.05) is 25.2 Å². The number of hydrogen-bond acceptors (Lipinski definition) is 2. The normalized spacial score (nSPS) is 26.2. The lowest BCUT2D eigenvalue weighted by atomic mass is 9.71. The molecule has 0 aromatic heterocycles. The van der Waals surface area contributed by atoms with Gasteiger partial charge in [0.2, 0.25) is 0 Å². The van der Waals surface area contributed by atoms with Crippen LogP contribution in [-0.2, 0) is 0 Å². The highest BCUT2D eigenvalue weighted by Crippen LogP contribution is 2.39. The molecule has 1 aliphatic carbocycles. The van der Waals surface area contributed by atoms with E-state index in [0.717, 1.165) is 31.5 Å². The maximum atomic E-state index is 13.2. The molecule has 106 valence electrons. The van der Waals surface area contributed by atoms with Crippen LogP contribution in [0.15, 0.2) is 24.3 Å². The van der Waals surface area contributed by atoms with Crippen molar-refractivity contribution < 1.29 is 9.50 Å². The summed E-state index contributed by atoms with van der Waals surface area (Å²) in [6, 6.07) is 6.63. The lowest BCUT2D eigenvalue weighted by Crippen LogP contribution is -2.40. The number of rotatable bonds is 3. The number of hydrogen-bond donors (Lipinski definition) is 1. The molecule has 2 unspecified atom stereocenters. The maximum absolute atomic E-state index is 13.2. The maximum Gasteiger partial charge on any atom is 0.125 e. The van der Waals surface area contributed by atoms with Gasteiger partial charge >= 0.3 is 0 Å². The van der Waals surface area contributed by atoms with Gasteiger partial charge in [-0.25, -0.2) is 4.39 Å². The first-order valence-electron chi connectivity index (χ1n) is 7.02. The van der Waals surface area contributed by atoms with Gasteiger partial charge in [0.25, 0.3) is 0 Å². The van der Waals surface area contributed by atoms with E-state index in [1.54, 1.807) is 12.1 Å². The van der Waals surface area contributed by atoms with Crippen molar-refractivity contribution in [1.29, 1.82) is 0 Å². The molecule has 1 aliphatic rings. The van der Waals surface area contributed by atoms with E-state index in [9.17, 15) is 9.50 Å². The Hall–Kier alpha value is -1.09. The fraction of sp³-hybridized carbons (Fsp3) is 0.625. The Kier molecular flexibility index (Phi) is 4.14. The second-order valence-electron chi connectivity index (χ2n) is 6.59. The molecule has 0 bridgehead atoms. The van der Waals surface area contributed by atoms with Crippen LogP contribution in [0.1, 0.15) is 33.1 Å². The molecule has 1 aromatic carbocycles. The Bertz CT molecular complexity index is 433. The van der Waals surface area contributed by atoms with Crippen molar-refractivity contribution in [3.63, 3.8) is 0 Å². The average molecular weight is 265 g/mol. The summed E-state index contributed by atoms with van der Waals surface area (Å²) >= 11 is 0. The van der Waals surface area contributed by atoms with Gasteiger partial charge in [0.05, 0.1) is 6.10 Å². The van der Waals surface area contributed by atoms with E-state index in [1.807, 2.05) is 18.0 Å². The Morgan fingerprint density at radius 3 is 2.84 bits per heavy atom. The monoisotopic (exact) mass is 265 g/mol. The highest BCUT2D eigenvalue weighted by molar-refractivity contribution is 5.45. The zero-order valence-electron chi connectivity index (χ0n) is 12.1. The van der Waals surface area contributed by atoms with E-state index in [2.05, 4.69) is 13.8 Å². The van der Waals surface area contributed by atoms with Gasteiger partial charge in [-0.3, -0.25) is 0 Å². The van der Waals surface area contributed by atoms with E-state index in [4.69, 9.17) is 0 Å². The Morgan fingerprint density at radius 1 is 1.42 bits per heavy atom. The van der Waals surface area contributed by atoms with Crippen LogP contribution in [0.3, 0.4) is 0 Å². The van der Waals surface area contributed by atoms with E-state index in [0.29, 0.717) is 5.41 Å². The molecule has 1 fully saturated rings. The number of benzene rings is 1. The first kappa shape index (κ1) is 14.3. The molecule has 1 saturated carbocycles. The fourth-order valence-electron chi connectivity index (χ4n) is 3.08. The predicted octanol–water partition coefficient (Wildman–Crippen LogP) is 3.45. The quantitative estimate of drug-likeness (QED) is 0.905. The summed E-state index contributed by atoms with van der Waals surface area (Å²) in [5.74, 6) is 0.0471. The van der Waals surface area contributed by atoms with E-state index in [-0.39, 0.29) is 17.8 Å². The molecule has 0 aliphatic heterocycles. The third kappa shape index (κ3) is 3.69. The summed E-state index contributed by atoms with van der Waals surface area (Å²) < 4.78 is 13.2. The number of halogens is 1. The first-order chi connectivity index (χ1) is 8.87. The number of anilines is 1. The summed E-state index contributed by atoms with van der Waals surface area (Å²) in [6.07, 6.45) is 2.74. The van der Waals surface area contributed by atoms with Crippen molar-refractivity contribution in [2.24, 2.45) is 11.3 Å². The highest BCUT2D eigenvalue weighted by Gasteiger charge is 2.34. The van der Waals surface area contributed by atoms with Crippen molar-refractivity contribution >= 4 is 5.69 Å². The molecular weight excluding hydrogens is 241 g/mol. The van der Waals surface area contributed by atoms with Crippen LogP contribution in [0.25, 0.3) is 0 Å². The standard InChI is InChI=1S/C16H24FNO/c1-16(2)8-7-15(19)12(10-16)11-18(3)14-6-4-5-13(17)9-14/h4-6,9,12,15,19H,7-8,10-11H2,1-3H3. The van der Waals surface area contributed by atoms with Crippen LogP contribution in [0.2, 0.25) is 0 Å². The summed E-state index contributed by atoms with van der Waals surface area (Å²) in [5, 5.41) is 10.2. The highest BCUT2D eigenvalue weighted by atomic mass is 19.1. The van der Waals surface area contributed by atoms with Gasteiger partial charge in [-0.2, -0.15) is 0 Å². The van der Waals surface area contributed by atoms with Crippen molar-refractivity contribution in [3.8, 4) is 0 Å². The summed E-state index contributed by atoms with van der Waals surface area (Å²) in [5.41, 5.74) is 1.17. The van der Waals surface area contributed by atoms with Crippen molar-refractivity contribution in [3.05, 3.63) is 30.1 Å². The summed E-state index contributed by atoms with van der Waals surface area (Å²) in [7, 11) is 1.96. The molecule has 0 amide bonds.